The van der Waals surface area contributed by atoms with E-state index >= 15 is 0 Å². The Balaban J connectivity index is 1.85. The average molecular weight is 544 g/mol. The number of amides is 1. The summed E-state index contributed by atoms with van der Waals surface area (Å²) in [5.41, 5.74) is 2.27. The van der Waals surface area contributed by atoms with Gasteiger partial charge in [0.1, 0.15) is 18.0 Å². The summed E-state index contributed by atoms with van der Waals surface area (Å²) < 4.78 is 20.0. The molecule has 0 aromatic heterocycles. The van der Waals surface area contributed by atoms with Crippen LogP contribution in [0.15, 0.2) is 72.8 Å². The van der Waals surface area contributed by atoms with Crippen molar-refractivity contribution in [2.45, 2.75) is 56.9 Å². The Bertz CT molecular complexity index is 1240. The fourth-order valence-electron chi connectivity index (χ4n) is 4.95. The smallest absolute Gasteiger partial charge is 0.305 e. The normalized spacial score (nSPS) is 20.6. The minimum absolute atomic E-state index is 0.199. The third kappa shape index (κ3) is 6.50. The van der Waals surface area contributed by atoms with E-state index in [2.05, 4.69) is 0 Å². The third-order valence-electron chi connectivity index (χ3n) is 6.58. The lowest BCUT2D eigenvalue weighted by molar-refractivity contribution is -0.180. The van der Waals surface area contributed by atoms with Gasteiger partial charge in [0.05, 0.1) is 12.5 Å². The van der Waals surface area contributed by atoms with E-state index < -0.39 is 30.3 Å². The number of carboxylic acid groups (broad SMARTS) is 1. The number of rotatable bonds is 9. The lowest BCUT2D eigenvalue weighted by Crippen LogP contribution is -2.55. The molecule has 1 aliphatic rings. The number of benzene rings is 3. The van der Waals surface area contributed by atoms with Crippen molar-refractivity contribution in [2.24, 2.45) is 0 Å². The predicted octanol–water partition coefficient (Wildman–Crippen LogP) is 7.03. The number of carbonyl (C=O) groups excluding carboxylic acids is 1. The molecule has 0 saturated carbocycles. The van der Waals surface area contributed by atoms with Crippen molar-refractivity contribution >= 4 is 35.1 Å². The minimum atomic E-state index is -0.984. The van der Waals surface area contributed by atoms with E-state index in [4.69, 9.17) is 27.9 Å². The summed E-state index contributed by atoms with van der Waals surface area (Å²) in [7, 11) is 0. The van der Waals surface area contributed by atoms with Crippen molar-refractivity contribution in [2.75, 3.05) is 0 Å². The zero-order valence-corrected chi connectivity index (χ0v) is 21.8. The highest BCUT2D eigenvalue weighted by Gasteiger charge is 2.47. The Morgan fingerprint density at radius 2 is 1.73 bits per heavy atom. The second-order valence-corrected chi connectivity index (χ2v) is 10.1. The van der Waals surface area contributed by atoms with E-state index in [1.165, 1.54) is 12.1 Å². The first-order chi connectivity index (χ1) is 17.8. The van der Waals surface area contributed by atoms with Crippen LogP contribution < -0.4 is 0 Å². The molecule has 5 nitrogen and oxygen atoms in total. The highest BCUT2D eigenvalue weighted by Crippen LogP contribution is 2.45. The Labute approximate surface area is 225 Å². The maximum Gasteiger partial charge on any atom is 0.305 e. The number of hydrogen-bond acceptors (Lipinski definition) is 3. The van der Waals surface area contributed by atoms with Crippen molar-refractivity contribution < 1.29 is 23.8 Å². The van der Waals surface area contributed by atoms with Gasteiger partial charge in [-0.2, -0.15) is 0 Å². The highest BCUT2D eigenvalue weighted by molar-refractivity contribution is 6.30. The van der Waals surface area contributed by atoms with E-state index in [9.17, 15) is 19.1 Å². The Morgan fingerprint density at radius 1 is 1.03 bits per heavy atom. The Hall–Kier alpha value is -2.93. The number of ether oxygens (including phenoxy) is 1. The standard InChI is InChI=1S/C29H28Cl2FNO4/c1-2-4-24(17-26(34)35)33-27(19-9-11-21(30)12-10-19)28(20-5-3-6-22(31)16-20)37-25(29(33)36)15-18-7-13-23(32)14-8-18/h3,5-14,16,24-25,27-28H,2,4,15,17H2,1H3,(H,34,35)/t24-,25+,27-,28+/m0/s1. The van der Waals surface area contributed by atoms with Gasteiger partial charge in [-0.3, -0.25) is 9.59 Å². The molecule has 194 valence electrons. The minimum Gasteiger partial charge on any atom is -0.481 e. The average Bonchev–Trinajstić information content (AvgIpc) is 2.86. The van der Waals surface area contributed by atoms with Crippen molar-refractivity contribution in [3.63, 3.8) is 0 Å². The first-order valence-electron chi connectivity index (χ1n) is 12.2. The van der Waals surface area contributed by atoms with E-state index in [1.54, 1.807) is 41.3 Å². The molecule has 1 heterocycles. The lowest BCUT2D eigenvalue weighted by Gasteiger charge is -2.48. The lowest BCUT2D eigenvalue weighted by atomic mass is 9.88. The molecule has 1 aliphatic heterocycles. The van der Waals surface area contributed by atoms with Gasteiger partial charge in [-0.15, -0.1) is 0 Å². The largest absolute Gasteiger partial charge is 0.481 e. The molecule has 3 aromatic rings. The second kappa shape index (κ2) is 12.1. The van der Waals surface area contributed by atoms with Crippen molar-refractivity contribution in [3.05, 3.63) is 105 Å². The molecule has 4 rings (SSSR count). The maximum absolute atomic E-state index is 14.1. The summed E-state index contributed by atoms with van der Waals surface area (Å²) in [6.07, 6.45) is -0.308. The van der Waals surface area contributed by atoms with Crippen molar-refractivity contribution in [3.8, 4) is 0 Å². The van der Waals surface area contributed by atoms with Crippen LogP contribution in [0.4, 0.5) is 4.39 Å². The SMILES string of the molecule is CCC[C@@H](CC(=O)O)N1C(=O)[C@@H](Cc2ccc(F)cc2)O[C@H](c2cccc(Cl)c2)[C@@H]1c1ccc(Cl)cc1. The zero-order chi connectivity index (χ0) is 26.5. The molecule has 0 aliphatic carbocycles. The van der Waals surface area contributed by atoms with E-state index in [0.717, 1.165) is 16.7 Å². The zero-order valence-electron chi connectivity index (χ0n) is 20.3. The predicted molar refractivity (Wildman–Crippen MR) is 141 cm³/mol. The van der Waals surface area contributed by atoms with Gasteiger partial charge in [0.2, 0.25) is 0 Å². The molecule has 0 bridgehead atoms. The summed E-state index contributed by atoms with van der Waals surface area (Å²) in [5, 5.41) is 10.8. The second-order valence-electron chi connectivity index (χ2n) is 9.21. The fourth-order valence-corrected chi connectivity index (χ4v) is 5.27. The molecule has 1 amide bonds. The number of aliphatic carboxylic acids is 1. The molecule has 1 fully saturated rings. The molecular formula is C29H28Cl2FNO4. The quantitative estimate of drug-likeness (QED) is 0.314. The van der Waals surface area contributed by atoms with Crippen molar-refractivity contribution in [1.82, 2.24) is 4.90 Å². The van der Waals surface area contributed by atoms with Gasteiger partial charge in [0.15, 0.2) is 0 Å². The van der Waals surface area contributed by atoms with Gasteiger partial charge in [-0.05, 0) is 59.5 Å². The van der Waals surface area contributed by atoms with Gasteiger partial charge in [0, 0.05) is 22.5 Å². The van der Waals surface area contributed by atoms with Crippen LogP contribution in [0.5, 0.6) is 0 Å². The van der Waals surface area contributed by atoms with E-state index in [-0.39, 0.29) is 24.6 Å². The fraction of sp³-hybridized carbons (Fsp3) is 0.310. The van der Waals surface area contributed by atoms with Gasteiger partial charge in [-0.1, -0.05) is 72.9 Å². The van der Waals surface area contributed by atoms with Gasteiger partial charge in [0.25, 0.3) is 5.91 Å². The molecule has 0 radical (unpaired) electrons. The van der Waals surface area contributed by atoms with E-state index in [1.807, 2.05) is 31.2 Å². The number of morpholine rings is 1. The summed E-state index contributed by atoms with van der Waals surface area (Å²) in [4.78, 5) is 27.6. The molecule has 1 saturated heterocycles. The summed E-state index contributed by atoms with van der Waals surface area (Å²) in [5.74, 6) is -1.66. The van der Waals surface area contributed by atoms with Crippen LogP contribution in [0, 0.1) is 5.82 Å². The first kappa shape index (κ1) is 27.1. The van der Waals surface area contributed by atoms with Crippen LogP contribution in [-0.4, -0.2) is 34.0 Å². The molecule has 37 heavy (non-hydrogen) atoms. The molecule has 0 unspecified atom stereocenters. The molecule has 0 spiro atoms. The first-order valence-corrected chi connectivity index (χ1v) is 13.0. The maximum atomic E-state index is 14.1. The molecule has 1 N–H and O–H groups in total. The molecule has 8 heteroatoms. The number of hydrogen-bond donors (Lipinski definition) is 1. The number of nitrogens with zero attached hydrogens (tertiary/aromatic N) is 1. The summed E-state index contributed by atoms with van der Waals surface area (Å²) in [6.45, 7) is 1.96. The number of carbonyl (C=O) groups is 2. The van der Waals surface area contributed by atoms with Crippen LogP contribution in [0.2, 0.25) is 10.0 Å². The van der Waals surface area contributed by atoms with Crippen LogP contribution in [0.25, 0.3) is 0 Å². The van der Waals surface area contributed by atoms with Gasteiger partial charge < -0.3 is 14.7 Å². The summed E-state index contributed by atoms with van der Waals surface area (Å²) in [6, 6.07) is 19.2. The third-order valence-corrected chi connectivity index (χ3v) is 7.06. The highest BCUT2D eigenvalue weighted by atomic mass is 35.5. The molecule has 3 aromatic carbocycles. The van der Waals surface area contributed by atoms with Crippen LogP contribution in [-0.2, 0) is 20.7 Å². The molecular weight excluding hydrogens is 516 g/mol. The van der Waals surface area contributed by atoms with Gasteiger partial charge in [-0.25, -0.2) is 4.39 Å². The number of halogens is 3. The van der Waals surface area contributed by atoms with Crippen LogP contribution >= 0.6 is 23.2 Å². The van der Waals surface area contributed by atoms with Gasteiger partial charge >= 0.3 is 5.97 Å². The number of carboxylic acids is 1. The Morgan fingerprint density at radius 3 is 2.35 bits per heavy atom. The monoisotopic (exact) mass is 543 g/mol. The van der Waals surface area contributed by atoms with Crippen LogP contribution in [0.1, 0.15) is 55.0 Å². The van der Waals surface area contributed by atoms with Crippen molar-refractivity contribution in [1.29, 1.82) is 0 Å². The topological polar surface area (TPSA) is 66.8 Å². The molecule has 4 atom stereocenters. The van der Waals surface area contributed by atoms with E-state index in [0.29, 0.717) is 22.9 Å². The summed E-state index contributed by atoms with van der Waals surface area (Å²) >= 11 is 12.5. The Kier molecular flexibility index (Phi) is 8.85. The van der Waals surface area contributed by atoms with Crippen LogP contribution in [0.3, 0.4) is 0 Å².